The average Bonchev–Trinajstić information content (AvgIpc) is 2.77. The van der Waals surface area contributed by atoms with Gasteiger partial charge in [0.1, 0.15) is 19.0 Å². The molecule has 0 saturated heterocycles. The van der Waals surface area contributed by atoms with Crippen LogP contribution in [0.25, 0.3) is 11.1 Å². The van der Waals surface area contributed by atoms with Crippen molar-refractivity contribution < 1.29 is 9.47 Å². The number of aromatic nitrogens is 2. The van der Waals surface area contributed by atoms with Crippen molar-refractivity contribution in [2.45, 2.75) is 13.3 Å². The smallest absolute Gasteiger partial charge is 0.165 e. The molecule has 0 amide bonds. The van der Waals surface area contributed by atoms with E-state index < -0.39 is 0 Å². The van der Waals surface area contributed by atoms with E-state index >= 15 is 0 Å². The van der Waals surface area contributed by atoms with E-state index in [4.69, 9.17) is 26.8 Å². The Labute approximate surface area is 122 Å². The van der Waals surface area contributed by atoms with E-state index in [-0.39, 0.29) is 0 Å². The summed E-state index contributed by atoms with van der Waals surface area (Å²) in [6.07, 6.45) is 2.50. The number of anilines is 1. The molecule has 6 heteroatoms. The quantitative estimate of drug-likeness (QED) is 0.924. The van der Waals surface area contributed by atoms with Crippen LogP contribution in [0.5, 0.6) is 11.5 Å². The summed E-state index contributed by atoms with van der Waals surface area (Å²) in [5, 5.41) is 4.78. The van der Waals surface area contributed by atoms with Crippen molar-refractivity contribution in [3.8, 4) is 22.6 Å². The van der Waals surface area contributed by atoms with Gasteiger partial charge in [-0.2, -0.15) is 5.10 Å². The van der Waals surface area contributed by atoms with Crippen LogP contribution in [0.4, 0.5) is 5.82 Å². The zero-order chi connectivity index (χ0) is 14.3. The van der Waals surface area contributed by atoms with Crippen LogP contribution < -0.4 is 15.2 Å². The first-order valence-electron chi connectivity index (χ1n) is 6.52. The Hall–Kier alpha value is -1.88. The third-order valence-electron chi connectivity index (χ3n) is 3.49. The number of benzene rings is 1. The first-order valence-corrected chi connectivity index (χ1v) is 6.90. The van der Waals surface area contributed by atoms with Crippen LogP contribution in [0.2, 0.25) is 5.02 Å². The van der Waals surface area contributed by atoms with E-state index in [1.807, 2.05) is 0 Å². The third kappa shape index (κ3) is 1.89. The summed E-state index contributed by atoms with van der Waals surface area (Å²) < 4.78 is 13.0. The van der Waals surface area contributed by atoms with E-state index in [0.29, 0.717) is 29.8 Å². The number of aryl methyl sites for hydroxylation is 1. The number of nitrogen functional groups attached to an aromatic ring is 1. The number of nitrogens with two attached hydrogens (primary N) is 1. The predicted molar refractivity (Wildman–Crippen MR) is 78.4 cm³/mol. The Morgan fingerprint density at radius 3 is 2.80 bits per heavy atom. The lowest BCUT2D eigenvalue weighted by Gasteiger charge is -2.23. The van der Waals surface area contributed by atoms with Crippen LogP contribution in [0.3, 0.4) is 0 Å². The number of fused-ring (bicyclic) bond motifs is 1. The van der Waals surface area contributed by atoms with Crippen LogP contribution in [-0.4, -0.2) is 23.0 Å². The normalized spacial score (nSPS) is 13.6. The molecular weight excluding hydrogens is 278 g/mol. The van der Waals surface area contributed by atoms with Gasteiger partial charge >= 0.3 is 0 Å². The summed E-state index contributed by atoms with van der Waals surface area (Å²) in [7, 11) is 1.80. The lowest BCUT2D eigenvalue weighted by atomic mass is 9.97. The summed E-state index contributed by atoms with van der Waals surface area (Å²) in [6.45, 7) is 3.14. The van der Waals surface area contributed by atoms with Gasteiger partial charge in [-0.25, -0.2) is 0 Å². The minimum atomic E-state index is 0.543. The Balaban J connectivity index is 2.27. The van der Waals surface area contributed by atoms with Crippen molar-refractivity contribution in [1.29, 1.82) is 0 Å². The summed E-state index contributed by atoms with van der Waals surface area (Å²) in [5.41, 5.74) is 8.78. The highest BCUT2D eigenvalue weighted by atomic mass is 35.5. The van der Waals surface area contributed by atoms with Gasteiger partial charge in [-0.15, -0.1) is 0 Å². The summed E-state index contributed by atoms with van der Waals surface area (Å²) in [5.74, 6) is 2.05. The second-order valence-corrected chi connectivity index (χ2v) is 5.06. The Bertz CT molecular complexity index is 667. The van der Waals surface area contributed by atoms with Crippen molar-refractivity contribution in [2.75, 3.05) is 18.9 Å². The van der Waals surface area contributed by atoms with Crippen LogP contribution in [0.1, 0.15) is 12.5 Å². The SMILES string of the molecule is CCc1c2c(cc(Cl)c1-c1cnn(C)c1N)OCCO2. The van der Waals surface area contributed by atoms with E-state index in [0.717, 1.165) is 28.9 Å². The van der Waals surface area contributed by atoms with Crippen LogP contribution in [-0.2, 0) is 13.5 Å². The maximum Gasteiger partial charge on any atom is 0.165 e. The fourth-order valence-corrected chi connectivity index (χ4v) is 2.80. The molecule has 0 radical (unpaired) electrons. The lowest BCUT2D eigenvalue weighted by Crippen LogP contribution is -2.17. The van der Waals surface area contributed by atoms with E-state index in [1.54, 1.807) is 24.0 Å². The van der Waals surface area contributed by atoms with Gasteiger partial charge in [-0.05, 0) is 6.42 Å². The molecule has 0 fully saturated rings. The van der Waals surface area contributed by atoms with Gasteiger partial charge in [0.05, 0.1) is 11.2 Å². The van der Waals surface area contributed by atoms with Crippen LogP contribution in [0.15, 0.2) is 12.3 Å². The minimum absolute atomic E-state index is 0.543. The molecule has 5 nitrogen and oxygen atoms in total. The maximum atomic E-state index is 6.43. The molecule has 0 bridgehead atoms. The van der Waals surface area contributed by atoms with Gasteiger partial charge in [0.2, 0.25) is 0 Å². The fraction of sp³-hybridized carbons (Fsp3) is 0.357. The molecular formula is C14H16ClN3O2. The first kappa shape index (κ1) is 13.1. The summed E-state index contributed by atoms with van der Waals surface area (Å²) >= 11 is 6.43. The molecule has 2 N–H and O–H groups in total. The predicted octanol–water partition coefficient (Wildman–Crippen LogP) is 2.66. The molecule has 1 aromatic heterocycles. The molecule has 0 spiro atoms. The fourth-order valence-electron chi connectivity index (χ4n) is 2.49. The highest BCUT2D eigenvalue weighted by Gasteiger charge is 2.24. The van der Waals surface area contributed by atoms with Gasteiger partial charge in [0, 0.05) is 29.8 Å². The molecule has 1 aliphatic rings. The van der Waals surface area contributed by atoms with E-state index in [1.165, 1.54) is 0 Å². The molecule has 3 rings (SSSR count). The van der Waals surface area contributed by atoms with E-state index in [9.17, 15) is 0 Å². The third-order valence-corrected chi connectivity index (χ3v) is 3.79. The standard InChI is InChI=1S/C14H16ClN3O2/c1-3-8-12(9-7-17-18(2)14(9)16)10(15)6-11-13(8)20-5-4-19-11/h6-7H,3-5,16H2,1-2H3. The molecule has 2 heterocycles. The van der Waals surface area contributed by atoms with Gasteiger partial charge in [-0.3, -0.25) is 4.68 Å². The molecule has 0 unspecified atom stereocenters. The number of rotatable bonds is 2. The number of hydrogen-bond donors (Lipinski definition) is 1. The van der Waals surface area contributed by atoms with Crippen molar-refractivity contribution in [1.82, 2.24) is 9.78 Å². The largest absolute Gasteiger partial charge is 0.486 e. The van der Waals surface area contributed by atoms with Gasteiger partial charge in [-0.1, -0.05) is 18.5 Å². The molecule has 0 atom stereocenters. The average molecular weight is 294 g/mol. The second-order valence-electron chi connectivity index (χ2n) is 4.66. The van der Waals surface area contributed by atoms with Crippen molar-refractivity contribution in [3.05, 3.63) is 22.8 Å². The number of hydrogen-bond acceptors (Lipinski definition) is 4. The van der Waals surface area contributed by atoms with Gasteiger partial charge < -0.3 is 15.2 Å². The summed E-state index contributed by atoms with van der Waals surface area (Å²) in [4.78, 5) is 0. The molecule has 1 aromatic carbocycles. The monoisotopic (exact) mass is 293 g/mol. The number of halogens is 1. The zero-order valence-corrected chi connectivity index (χ0v) is 12.2. The summed E-state index contributed by atoms with van der Waals surface area (Å²) in [6, 6.07) is 1.79. The molecule has 1 aliphatic heterocycles. The first-order chi connectivity index (χ1) is 9.63. The van der Waals surface area contributed by atoms with Crippen molar-refractivity contribution in [2.24, 2.45) is 7.05 Å². The van der Waals surface area contributed by atoms with Crippen LogP contribution in [0, 0.1) is 0 Å². The topological polar surface area (TPSA) is 62.3 Å². The lowest BCUT2D eigenvalue weighted by molar-refractivity contribution is 0.170. The van der Waals surface area contributed by atoms with Crippen molar-refractivity contribution in [3.63, 3.8) is 0 Å². The Morgan fingerprint density at radius 2 is 2.15 bits per heavy atom. The van der Waals surface area contributed by atoms with Gasteiger partial charge in [0.15, 0.2) is 11.5 Å². The highest BCUT2D eigenvalue weighted by molar-refractivity contribution is 6.34. The molecule has 0 saturated carbocycles. The number of ether oxygens (including phenoxy) is 2. The molecule has 106 valence electrons. The molecule has 0 aliphatic carbocycles. The maximum absolute atomic E-state index is 6.43. The zero-order valence-electron chi connectivity index (χ0n) is 11.4. The Kier molecular flexibility index (Phi) is 3.22. The highest BCUT2D eigenvalue weighted by Crippen LogP contribution is 2.45. The minimum Gasteiger partial charge on any atom is -0.486 e. The molecule has 20 heavy (non-hydrogen) atoms. The van der Waals surface area contributed by atoms with Crippen LogP contribution >= 0.6 is 11.6 Å². The number of nitrogens with zero attached hydrogens (tertiary/aromatic N) is 2. The second kappa shape index (κ2) is 4.90. The van der Waals surface area contributed by atoms with E-state index in [2.05, 4.69) is 12.0 Å². The Morgan fingerprint density at radius 1 is 1.40 bits per heavy atom. The van der Waals surface area contributed by atoms with Gasteiger partial charge in [0.25, 0.3) is 0 Å². The molecule has 2 aromatic rings. The van der Waals surface area contributed by atoms with Crippen molar-refractivity contribution >= 4 is 17.4 Å².